The predicted octanol–water partition coefficient (Wildman–Crippen LogP) is 4.24. The number of methoxy groups -OCH3 is 2. The molecule has 0 heterocycles. The minimum absolute atomic E-state index is 0.263. The fraction of sp³-hybridized carbons (Fsp3) is 0.231. The van der Waals surface area contributed by atoms with Gasteiger partial charge in [-0.2, -0.15) is 0 Å². The van der Waals surface area contributed by atoms with Gasteiger partial charge in [-0.3, -0.25) is 9.59 Å². The van der Waals surface area contributed by atoms with E-state index < -0.39 is 0 Å². The Morgan fingerprint density at radius 2 is 1.00 bits per heavy atom. The maximum Gasteiger partial charge on any atom is 0.162 e. The lowest BCUT2D eigenvalue weighted by Gasteiger charge is -2.13. The summed E-state index contributed by atoms with van der Waals surface area (Å²) < 4.78 is 33.3. The Morgan fingerprint density at radius 3 is 1.41 bits per heavy atom. The van der Waals surface area contributed by atoms with Crippen LogP contribution in [0.5, 0.6) is 34.5 Å². The molecule has 0 fully saturated rings. The van der Waals surface area contributed by atoms with Crippen LogP contribution in [-0.2, 0) is 0 Å². The number of carbonyl (C=O) groups is 2. The third-order valence-electron chi connectivity index (χ3n) is 4.67. The minimum atomic E-state index is 0.263. The first-order valence-electron chi connectivity index (χ1n) is 10.5. The van der Waals surface area contributed by atoms with Crippen LogP contribution >= 0.6 is 0 Å². The van der Waals surface area contributed by atoms with Gasteiger partial charge in [0.05, 0.1) is 14.2 Å². The van der Waals surface area contributed by atoms with E-state index in [2.05, 4.69) is 0 Å². The zero-order valence-electron chi connectivity index (χ0n) is 19.0. The maximum absolute atomic E-state index is 11.0. The number of benzene rings is 3. The summed E-state index contributed by atoms with van der Waals surface area (Å²) in [4.78, 5) is 21.9. The van der Waals surface area contributed by atoms with Crippen molar-refractivity contribution in [1.82, 2.24) is 0 Å². The van der Waals surface area contributed by atoms with E-state index in [0.29, 0.717) is 45.6 Å². The van der Waals surface area contributed by atoms with Gasteiger partial charge in [0.1, 0.15) is 50.5 Å². The Bertz CT molecular complexity index is 1010. The Labute approximate surface area is 197 Å². The number of ether oxygens (including phenoxy) is 6. The summed E-state index contributed by atoms with van der Waals surface area (Å²) in [7, 11) is 3.07. The molecule has 8 heteroatoms. The molecule has 0 aliphatic rings. The van der Waals surface area contributed by atoms with Crippen LogP contribution in [0.3, 0.4) is 0 Å². The van der Waals surface area contributed by atoms with Crippen LogP contribution in [0.25, 0.3) is 0 Å². The van der Waals surface area contributed by atoms with Gasteiger partial charge >= 0.3 is 0 Å². The van der Waals surface area contributed by atoms with Crippen LogP contribution in [0.15, 0.2) is 60.7 Å². The normalized spacial score (nSPS) is 10.2. The van der Waals surface area contributed by atoms with Crippen LogP contribution in [-0.4, -0.2) is 53.2 Å². The molecule has 0 saturated heterocycles. The molecular formula is C26H26O8. The topological polar surface area (TPSA) is 89.5 Å². The van der Waals surface area contributed by atoms with Crippen molar-refractivity contribution in [3.05, 3.63) is 71.8 Å². The van der Waals surface area contributed by atoms with Crippen LogP contribution < -0.4 is 28.4 Å². The molecule has 0 unspecified atom stereocenters. The number of hydrogen-bond acceptors (Lipinski definition) is 8. The molecule has 0 saturated carbocycles. The van der Waals surface area contributed by atoms with Gasteiger partial charge in [-0.25, -0.2) is 0 Å². The van der Waals surface area contributed by atoms with Crippen molar-refractivity contribution in [2.45, 2.75) is 0 Å². The molecular weight excluding hydrogens is 440 g/mol. The van der Waals surface area contributed by atoms with Gasteiger partial charge in [0, 0.05) is 17.2 Å². The molecule has 3 aromatic rings. The van der Waals surface area contributed by atoms with Gasteiger partial charge in [0.2, 0.25) is 0 Å². The second kappa shape index (κ2) is 12.7. The minimum Gasteiger partial charge on any atom is -0.493 e. The Kier molecular flexibility index (Phi) is 9.16. The average Bonchev–Trinajstić information content (AvgIpc) is 2.89. The van der Waals surface area contributed by atoms with Crippen LogP contribution in [0.1, 0.15) is 20.7 Å². The lowest BCUT2D eigenvalue weighted by atomic mass is 10.2. The highest BCUT2D eigenvalue weighted by atomic mass is 16.5. The van der Waals surface area contributed by atoms with Gasteiger partial charge < -0.3 is 28.4 Å². The second-order valence-electron chi connectivity index (χ2n) is 6.93. The van der Waals surface area contributed by atoms with Crippen molar-refractivity contribution in [3.8, 4) is 34.5 Å². The summed E-state index contributed by atoms with van der Waals surface area (Å²) in [6.45, 7) is 1.10. The molecule has 0 aliphatic carbocycles. The first-order chi connectivity index (χ1) is 16.7. The smallest absolute Gasteiger partial charge is 0.162 e. The highest BCUT2D eigenvalue weighted by Gasteiger charge is 2.07. The first-order valence-corrected chi connectivity index (χ1v) is 10.5. The number of aldehydes is 2. The zero-order chi connectivity index (χ0) is 24.2. The number of carbonyl (C=O) groups excluding carboxylic acids is 2. The van der Waals surface area contributed by atoms with E-state index in [4.69, 9.17) is 28.4 Å². The van der Waals surface area contributed by atoms with E-state index in [1.165, 1.54) is 14.2 Å². The highest BCUT2D eigenvalue weighted by molar-refractivity contribution is 5.77. The van der Waals surface area contributed by atoms with E-state index in [1.807, 2.05) is 18.2 Å². The van der Waals surface area contributed by atoms with Gasteiger partial charge in [-0.15, -0.1) is 0 Å². The highest BCUT2D eigenvalue weighted by Crippen LogP contribution is 2.28. The molecule has 0 amide bonds. The quantitative estimate of drug-likeness (QED) is 0.257. The summed E-state index contributed by atoms with van der Waals surface area (Å²) in [6, 6.07) is 17.1. The zero-order valence-corrected chi connectivity index (χ0v) is 19.0. The molecule has 178 valence electrons. The molecule has 3 aromatic carbocycles. The summed E-state index contributed by atoms with van der Waals surface area (Å²) >= 11 is 0. The van der Waals surface area contributed by atoms with Crippen molar-refractivity contribution >= 4 is 12.6 Å². The summed E-state index contributed by atoms with van der Waals surface area (Å²) in [6.07, 6.45) is 1.50. The predicted molar refractivity (Wildman–Crippen MR) is 125 cm³/mol. The summed E-state index contributed by atoms with van der Waals surface area (Å²) in [5, 5.41) is 0. The van der Waals surface area contributed by atoms with Crippen molar-refractivity contribution < 1.29 is 38.0 Å². The van der Waals surface area contributed by atoms with Crippen molar-refractivity contribution in [2.24, 2.45) is 0 Å². The molecule has 0 spiro atoms. The van der Waals surface area contributed by atoms with Crippen molar-refractivity contribution in [1.29, 1.82) is 0 Å². The van der Waals surface area contributed by atoms with Crippen LogP contribution in [0.4, 0.5) is 0 Å². The lowest BCUT2D eigenvalue weighted by molar-refractivity contribution is 0.111. The second-order valence-corrected chi connectivity index (χ2v) is 6.93. The van der Waals surface area contributed by atoms with E-state index >= 15 is 0 Å². The first kappa shape index (κ1) is 24.4. The molecule has 3 rings (SSSR count). The van der Waals surface area contributed by atoms with Crippen LogP contribution in [0.2, 0.25) is 0 Å². The summed E-state index contributed by atoms with van der Waals surface area (Å²) in [5.74, 6) is 3.27. The third kappa shape index (κ3) is 6.90. The number of rotatable bonds is 14. The molecule has 0 atom stereocenters. The van der Waals surface area contributed by atoms with E-state index in [1.54, 1.807) is 42.5 Å². The fourth-order valence-corrected chi connectivity index (χ4v) is 3.03. The summed E-state index contributed by atoms with van der Waals surface area (Å²) in [5.41, 5.74) is 1.00. The molecule has 0 N–H and O–H groups in total. The van der Waals surface area contributed by atoms with Crippen molar-refractivity contribution in [3.63, 3.8) is 0 Å². The van der Waals surface area contributed by atoms with E-state index in [-0.39, 0.29) is 26.4 Å². The van der Waals surface area contributed by atoms with Crippen LogP contribution in [0, 0.1) is 0 Å². The van der Waals surface area contributed by atoms with Gasteiger partial charge in [0.25, 0.3) is 0 Å². The maximum atomic E-state index is 11.0. The Balaban J connectivity index is 1.45. The van der Waals surface area contributed by atoms with Gasteiger partial charge in [0.15, 0.2) is 23.0 Å². The van der Waals surface area contributed by atoms with E-state index in [9.17, 15) is 9.59 Å². The Hall–Kier alpha value is -4.20. The fourth-order valence-electron chi connectivity index (χ4n) is 3.03. The molecule has 0 bridgehead atoms. The molecule has 0 aromatic heterocycles. The monoisotopic (exact) mass is 466 g/mol. The Morgan fingerprint density at radius 1 is 0.559 bits per heavy atom. The third-order valence-corrected chi connectivity index (χ3v) is 4.67. The lowest BCUT2D eigenvalue weighted by Crippen LogP contribution is -2.11. The SMILES string of the molecule is COc1ccc(C=O)cc1OCCOc1cccc(OCCOc2cc(C=O)ccc2OC)c1. The largest absolute Gasteiger partial charge is 0.493 e. The van der Waals surface area contributed by atoms with Gasteiger partial charge in [-0.1, -0.05) is 6.07 Å². The van der Waals surface area contributed by atoms with E-state index in [0.717, 1.165) is 12.6 Å². The molecule has 0 aliphatic heterocycles. The standard InChI is InChI=1S/C26H26O8/c1-29-23-8-6-19(17-27)14-25(23)33-12-10-31-21-4-3-5-22(16-21)32-11-13-34-26-15-20(18-28)7-9-24(26)30-2/h3-9,14-18H,10-13H2,1-2H3. The van der Waals surface area contributed by atoms with Crippen molar-refractivity contribution in [2.75, 3.05) is 40.6 Å². The molecule has 8 nitrogen and oxygen atoms in total. The number of hydrogen-bond donors (Lipinski definition) is 0. The molecule has 0 radical (unpaired) electrons. The average molecular weight is 466 g/mol. The van der Waals surface area contributed by atoms with Gasteiger partial charge in [-0.05, 0) is 48.5 Å². The molecule has 34 heavy (non-hydrogen) atoms.